The smallest absolute Gasteiger partial charge is 0.225 e. The lowest BCUT2D eigenvalue weighted by molar-refractivity contribution is 0.568. The van der Waals surface area contributed by atoms with Gasteiger partial charge in [-0.25, -0.2) is 17.9 Å². The van der Waals surface area contributed by atoms with Gasteiger partial charge in [0.05, 0.1) is 0 Å². The topological polar surface area (TPSA) is 60.2 Å². The minimum atomic E-state index is -4.04. The van der Waals surface area contributed by atoms with Crippen molar-refractivity contribution in [1.29, 1.82) is 0 Å². The van der Waals surface area contributed by atoms with E-state index in [1.807, 2.05) is 0 Å². The number of benzene rings is 2. The van der Waals surface area contributed by atoms with Crippen LogP contribution in [0, 0.1) is 19.7 Å². The molecular formula is C19H20FNO2S. The van der Waals surface area contributed by atoms with Gasteiger partial charge in [0.1, 0.15) is 10.7 Å². The van der Waals surface area contributed by atoms with Crippen LogP contribution in [-0.2, 0) is 10.0 Å². The van der Waals surface area contributed by atoms with Crippen molar-refractivity contribution in [2.75, 3.05) is 0 Å². The first-order valence-electron chi connectivity index (χ1n) is 7.90. The third-order valence-corrected chi connectivity index (χ3v) is 5.60. The largest absolute Gasteiger partial charge is 0.240 e. The summed E-state index contributed by atoms with van der Waals surface area (Å²) < 4.78 is 36.9. The maximum absolute atomic E-state index is 14.2. The third-order valence-electron chi connectivity index (χ3n) is 4.66. The second-order valence-corrected chi connectivity index (χ2v) is 7.83. The number of aryl methyl sites for hydroxylation is 2. The molecule has 3 nitrogen and oxygen atoms in total. The van der Waals surface area contributed by atoms with Crippen LogP contribution in [0.1, 0.15) is 41.5 Å². The minimum Gasteiger partial charge on any atom is -0.225 e. The molecule has 0 aliphatic heterocycles. The summed E-state index contributed by atoms with van der Waals surface area (Å²) in [5.41, 5.74) is 6.63. The second kappa shape index (κ2) is 6.15. The number of sulfonamides is 1. The Labute approximate surface area is 142 Å². The van der Waals surface area contributed by atoms with Crippen LogP contribution in [-0.4, -0.2) is 8.42 Å². The highest BCUT2D eigenvalue weighted by Crippen LogP contribution is 2.40. The van der Waals surface area contributed by atoms with Gasteiger partial charge in [0, 0.05) is 0 Å². The Morgan fingerprint density at radius 2 is 1.50 bits per heavy atom. The van der Waals surface area contributed by atoms with E-state index in [9.17, 15) is 12.8 Å². The van der Waals surface area contributed by atoms with Crippen LogP contribution in [0.4, 0.5) is 4.39 Å². The van der Waals surface area contributed by atoms with Gasteiger partial charge in [0.2, 0.25) is 10.0 Å². The van der Waals surface area contributed by atoms with Gasteiger partial charge < -0.3 is 0 Å². The Bertz CT molecular complexity index is 946. The number of halogens is 1. The molecule has 0 spiro atoms. The molecule has 0 unspecified atom stereocenters. The highest BCUT2D eigenvalue weighted by Gasteiger charge is 2.21. The fraction of sp³-hybridized carbons (Fsp3) is 0.263. The van der Waals surface area contributed by atoms with Crippen molar-refractivity contribution < 1.29 is 12.8 Å². The summed E-state index contributed by atoms with van der Waals surface area (Å²) in [4.78, 5) is -0.461. The second-order valence-electron chi connectivity index (χ2n) is 6.30. The van der Waals surface area contributed by atoms with Crippen LogP contribution in [0.5, 0.6) is 0 Å². The van der Waals surface area contributed by atoms with E-state index < -0.39 is 20.7 Å². The molecule has 24 heavy (non-hydrogen) atoms. The first-order chi connectivity index (χ1) is 11.3. The molecule has 1 aliphatic rings. The van der Waals surface area contributed by atoms with Crippen LogP contribution in [0.25, 0.3) is 11.1 Å². The van der Waals surface area contributed by atoms with Crippen molar-refractivity contribution in [2.45, 2.75) is 38.0 Å². The lowest BCUT2D eigenvalue weighted by Gasteiger charge is -2.11. The maximum atomic E-state index is 14.2. The molecule has 126 valence electrons. The standard InChI is InChI=1S/C19H20FNO2S/c1-12-6-7-14(10-13(12)2)16-4-3-5-17(16)15-8-9-19(18(20)11-15)24(21,22)23/h6-11H,3-5H2,1-2H3,(H2,21,22,23). The van der Waals surface area contributed by atoms with Crippen LogP contribution < -0.4 is 5.14 Å². The molecule has 2 N–H and O–H groups in total. The van der Waals surface area contributed by atoms with E-state index >= 15 is 0 Å². The van der Waals surface area contributed by atoms with Gasteiger partial charge in [-0.3, -0.25) is 0 Å². The molecule has 0 saturated carbocycles. The Morgan fingerprint density at radius 3 is 2.04 bits per heavy atom. The van der Waals surface area contributed by atoms with Gasteiger partial charge in [-0.2, -0.15) is 0 Å². The Balaban J connectivity index is 2.09. The summed E-state index contributed by atoms with van der Waals surface area (Å²) in [6.07, 6.45) is 2.81. The monoisotopic (exact) mass is 345 g/mol. The molecule has 5 heteroatoms. The zero-order chi connectivity index (χ0) is 17.5. The highest BCUT2D eigenvalue weighted by molar-refractivity contribution is 7.89. The SMILES string of the molecule is Cc1ccc(C2=C(c3ccc(S(N)(=O)=O)c(F)c3)CCC2)cc1C. The predicted molar refractivity (Wildman–Crippen MR) is 94.4 cm³/mol. The lowest BCUT2D eigenvalue weighted by atomic mass is 9.95. The van der Waals surface area contributed by atoms with E-state index in [0.29, 0.717) is 0 Å². The van der Waals surface area contributed by atoms with Gasteiger partial charge in [0.25, 0.3) is 0 Å². The Hall–Kier alpha value is -1.98. The molecule has 0 saturated heterocycles. The maximum Gasteiger partial charge on any atom is 0.240 e. The number of hydrogen-bond donors (Lipinski definition) is 1. The Kier molecular flexibility index (Phi) is 4.32. The molecule has 1 aliphatic carbocycles. The summed E-state index contributed by atoms with van der Waals surface area (Å²) in [5, 5.41) is 5.03. The molecule has 2 aromatic rings. The molecule has 0 amide bonds. The summed E-state index contributed by atoms with van der Waals surface area (Å²) in [5.74, 6) is -0.797. The van der Waals surface area contributed by atoms with Crippen molar-refractivity contribution in [3.63, 3.8) is 0 Å². The van der Waals surface area contributed by atoms with E-state index in [1.54, 1.807) is 6.07 Å². The fourth-order valence-corrected chi connectivity index (χ4v) is 3.82. The lowest BCUT2D eigenvalue weighted by Crippen LogP contribution is -2.14. The van der Waals surface area contributed by atoms with Gasteiger partial charge in [-0.15, -0.1) is 0 Å². The quantitative estimate of drug-likeness (QED) is 0.907. The average molecular weight is 345 g/mol. The van der Waals surface area contributed by atoms with E-state index in [4.69, 9.17) is 5.14 Å². The Morgan fingerprint density at radius 1 is 0.917 bits per heavy atom. The van der Waals surface area contributed by atoms with E-state index in [-0.39, 0.29) is 0 Å². The predicted octanol–water partition coefficient (Wildman–Crippen LogP) is 4.18. The summed E-state index contributed by atoms with van der Waals surface area (Å²) >= 11 is 0. The molecule has 0 bridgehead atoms. The number of nitrogens with two attached hydrogens (primary N) is 1. The van der Waals surface area contributed by atoms with Gasteiger partial charge in [0.15, 0.2) is 0 Å². The molecule has 0 atom stereocenters. The van der Waals surface area contributed by atoms with Crippen molar-refractivity contribution >= 4 is 21.2 Å². The van der Waals surface area contributed by atoms with Crippen molar-refractivity contribution in [1.82, 2.24) is 0 Å². The first-order valence-corrected chi connectivity index (χ1v) is 9.44. The van der Waals surface area contributed by atoms with E-state index in [2.05, 4.69) is 32.0 Å². The van der Waals surface area contributed by atoms with Crippen LogP contribution in [0.15, 0.2) is 41.3 Å². The highest BCUT2D eigenvalue weighted by atomic mass is 32.2. The number of allylic oxidation sites excluding steroid dienone is 2. The number of rotatable bonds is 3. The van der Waals surface area contributed by atoms with Crippen LogP contribution in [0.3, 0.4) is 0 Å². The van der Waals surface area contributed by atoms with E-state index in [0.717, 1.165) is 36.0 Å². The van der Waals surface area contributed by atoms with Gasteiger partial charge in [-0.1, -0.05) is 24.3 Å². The van der Waals surface area contributed by atoms with E-state index in [1.165, 1.54) is 28.8 Å². The normalized spacial score (nSPS) is 15.2. The molecule has 0 fully saturated rings. The summed E-state index contributed by atoms with van der Waals surface area (Å²) in [6, 6.07) is 10.5. The average Bonchev–Trinajstić information content (AvgIpc) is 2.98. The molecule has 0 heterocycles. The molecule has 2 aromatic carbocycles. The molecule has 3 rings (SSSR count). The van der Waals surface area contributed by atoms with Crippen molar-refractivity contribution in [3.05, 3.63) is 64.5 Å². The zero-order valence-corrected chi connectivity index (χ0v) is 14.6. The van der Waals surface area contributed by atoms with Crippen LogP contribution >= 0.6 is 0 Å². The third kappa shape index (κ3) is 3.14. The minimum absolute atomic E-state index is 0.461. The molecular weight excluding hydrogens is 325 g/mol. The number of hydrogen-bond acceptors (Lipinski definition) is 2. The first kappa shape index (κ1) is 16.9. The fourth-order valence-electron chi connectivity index (χ4n) is 3.23. The van der Waals surface area contributed by atoms with Gasteiger partial charge >= 0.3 is 0 Å². The zero-order valence-electron chi connectivity index (χ0n) is 13.8. The van der Waals surface area contributed by atoms with Crippen molar-refractivity contribution in [2.24, 2.45) is 5.14 Å². The van der Waals surface area contributed by atoms with Crippen LogP contribution in [0.2, 0.25) is 0 Å². The van der Waals surface area contributed by atoms with Gasteiger partial charge in [-0.05, 0) is 78.6 Å². The number of primary sulfonamides is 1. The molecule has 0 aromatic heterocycles. The molecule has 0 radical (unpaired) electrons. The summed E-state index contributed by atoms with van der Waals surface area (Å²) in [6.45, 7) is 4.15. The summed E-state index contributed by atoms with van der Waals surface area (Å²) in [7, 11) is -4.04. The van der Waals surface area contributed by atoms with Crippen molar-refractivity contribution in [3.8, 4) is 0 Å².